The Labute approximate surface area is 243 Å². The number of nitrogens with one attached hydrogen (secondary N) is 2. The number of rotatable bonds is 8. The molecule has 1 aliphatic rings. The van der Waals surface area contributed by atoms with E-state index in [1.54, 1.807) is 25.2 Å². The molecular weight excluding hydrogens is 591 g/mol. The number of aldehydes is 1. The van der Waals surface area contributed by atoms with Gasteiger partial charge in [-0.2, -0.15) is 18.8 Å². The highest BCUT2D eigenvalue weighted by atomic mass is 31.0. The average molecular weight is 618 g/mol. The van der Waals surface area contributed by atoms with Crippen molar-refractivity contribution < 1.29 is 27.6 Å². The van der Waals surface area contributed by atoms with Crippen LogP contribution >= 0.6 is 18.5 Å². The number of amides is 2. The highest BCUT2D eigenvalue weighted by Crippen LogP contribution is 2.36. The number of nitrogens with zero attached hydrogens (tertiary/aromatic N) is 4. The second-order valence-electron chi connectivity index (χ2n) is 9.83. The molecule has 4 rings (SSSR count). The first kappa shape index (κ1) is 31.1. The molecule has 0 saturated heterocycles. The summed E-state index contributed by atoms with van der Waals surface area (Å²) < 4.78 is 42.5. The first-order valence-electron chi connectivity index (χ1n) is 12.7. The zero-order chi connectivity index (χ0) is 30.6. The Morgan fingerprint density at radius 3 is 2.71 bits per heavy atom. The molecule has 3 aromatic rings. The lowest BCUT2D eigenvalue weighted by Gasteiger charge is -2.20. The van der Waals surface area contributed by atoms with E-state index < -0.39 is 40.9 Å². The Bertz CT molecular complexity index is 1600. The first-order chi connectivity index (χ1) is 19.9. The second-order valence-corrected chi connectivity index (χ2v) is 11.2. The minimum atomic E-state index is -3.50. The average Bonchev–Trinajstić information content (AvgIpc) is 3.35. The molecule has 2 aromatic heterocycles. The quantitative estimate of drug-likeness (QED) is 0.172. The van der Waals surface area contributed by atoms with Gasteiger partial charge in [0.05, 0.1) is 17.8 Å². The molecule has 2 heterocycles. The fraction of sp³-hybridized carbons (Fsp3) is 0.296. The third-order valence-electron chi connectivity index (χ3n) is 6.61. The normalized spacial score (nSPS) is 21.3. The van der Waals surface area contributed by atoms with Gasteiger partial charge in [0.25, 0.3) is 17.5 Å². The number of alkyl halides is 2. The van der Waals surface area contributed by atoms with Crippen molar-refractivity contribution in [3.05, 3.63) is 87.5 Å². The lowest BCUT2D eigenvalue weighted by molar-refractivity contribution is -0.109. The maximum Gasteiger partial charge on any atom is 0.286 e. The number of hydrogen-bond acceptors (Lipinski definition) is 7. The van der Waals surface area contributed by atoms with Gasteiger partial charge < -0.3 is 15.4 Å². The van der Waals surface area contributed by atoms with Gasteiger partial charge in [-0.1, -0.05) is 53.5 Å². The third-order valence-corrected chi connectivity index (χ3v) is 7.33. The van der Waals surface area contributed by atoms with Crippen LogP contribution in [0.25, 0.3) is 5.65 Å². The van der Waals surface area contributed by atoms with Crippen molar-refractivity contribution in [2.75, 3.05) is 0 Å². The molecule has 0 aliphatic heterocycles. The molecule has 220 valence electrons. The lowest BCUT2D eigenvalue weighted by atomic mass is 9.99. The summed E-state index contributed by atoms with van der Waals surface area (Å²) in [6.45, 7) is 1.56. The molecule has 0 saturated carbocycles. The van der Waals surface area contributed by atoms with Gasteiger partial charge in [0.1, 0.15) is 29.5 Å². The number of benzene rings is 1. The van der Waals surface area contributed by atoms with Crippen LogP contribution in [0, 0.1) is 16.6 Å². The Hall–Kier alpha value is -3.82. The van der Waals surface area contributed by atoms with Crippen molar-refractivity contribution in [2.24, 2.45) is 11.1 Å². The van der Waals surface area contributed by atoms with E-state index in [-0.39, 0.29) is 41.5 Å². The molecular formula is C27H27F3N6O4P2. The molecule has 1 aromatic carbocycles. The molecule has 15 heteroatoms. The fourth-order valence-electron chi connectivity index (χ4n) is 4.50. The Balaban J connectivity index is 1.60. The fourth-order valence-corrected chi connectivity index (χ4v) is 4.98. The van der Waals surface area contributed by atoms with E-state index in [1.807, 2.05) is 0 Å². The summed E-state index contributed by atoms with van der Waals surface area (Å²) in [6, 6.07) is 2.62. The Kier molecular flexibility index (Phi) is 9.64. The monoisotopic (exact) mass is 618 g/mol. The number of fused-ring (bicyclic) bond motifs is 1. The van der Waals surface area contributed by atoms with E-state index in [9.17, 15) is 32.5 Å². The van der Waals surface area contributed by atoms with Crippen molar-refractivity contribution in [1.29, 1.82) is 0 Å². The molecule has 5 atom stereocenters. The zero-order valence-corrected chi connectivity index (χ0v) is 24.6. The van der Waals surface area contributed by atoms with E-state index in [2.05, 4.69) is 35.1 Å². The summed E-state index contributed by atoms with van der Waals surface area (Å²) in [5, 5.41) is 13.2. The smallest absolute Gasteiger partial charge is 0.286 e. The maximum atomic E-state index is 13.9. The van der Waals surface area contributed by atoms with Crippen LogP contribution in [0.4, 0.5) is 13.2 Å². The summed E-state index contributed by atoms with van der Waals surface area (Å²) in [5.41, 5.74) is -3.38. The summed E-state index contributed by atoms with van der Waals surface area (Å²) in [4.78, 5) is 53.9. The van der Waals surface area contributed by atoms with Crippen LogP contribution in [0.2, 0.25) is 0 Å². The summed E-state index contributed by atoms with van der Waals surface area (Å²) in [5.74, 6) is -2.85. The van der Waals surface area contributed by atoms with Crippen LogP contribution in [0.5, 0.6) is 0 Å². The number of halogens is 3. The van der Waals surface area contributed by atoms with E-state index in [1.165, 1.54) is 32.1 Å². The van der Waals surface area contributed by atoms with Crippen molar-refractivity contribution in [2.45, 2.75) is 44.1 Å². The zero-order valence-electron chi connectivity index (χ0n) is 22.3. The van der Waals surface area contributed by atoms with Crippen LogP contribution in [-0.2, 0) is 17.0 Å². The molecule has 0 bridgehead atoms. The Morgan fingerprint density at radius 1 is 1.26 bits per heavy atom. The van der Waals surface area contributed by atoms with E-state index >= 15 is 0 Å². The molecule has 2 N–H and O–H groups in total. The predicted molar refractivity (Wildman–Crippen MR) is 156 cm³/mol. The van der Waals surface area contributed by atoms with Gasteiger partial charge in [0.2, 0.25) is 0 Å². The number of allylic oxidation sites excluding steroid dienone is 2. The number of carbonyl (C=O) groups excluding carboxylic acids is 3. The summed E-state index contributed by atoms with van der Waals surface area (Å²) >= 11 is 0. The number of carbonyl (C=O) groups is 3. The van der Waals surface area contributed by atoms with Crippen LogP contribution in [0.3, 0.4) is 0 Å². The van der Waals surface area contributed by atoms with Crippen molar-refractivity contribution in [3.63, 3.8) is 0 Å². The van der Waals surface area contributed by atoms with Crippen LogP contribution in [0.15, 0.2) is 59.4 Å². The van der Waals surface area contributed by atoms with Gasteiger partial charge >= 0.3 is 0 Å². The largest absolute Gasteiger partial charge is 0.347 e. The van der Waals surface area contributed by atoms with Gasteiger partial charge in [0, 0.05) is 23.8 Å². The van der Waals surface area contributed by atoms with Gasteiger partial charge in [-0.15, -0.1) is 0 Å². The second kappa shape index (κ2) is 13.0. The van der Waals surface area contributed by atoms with Gasteiger partial charge in [-0.3, -0.25) is 9.59 Å². The maximum absolute atomic E-state index is 13.9. The van der Waals surface area contributed by atoms with Crippen LogP contribution in [-0.4, -0.2) is 44.8 Å². The number of hydrogen-bond donors (Lipinski definition) is 2. The van der Waals surface area contributed by atoms with Gasteiger partial charge in [-0.25, -0.2) is 13.9 Å². The van der Waals surface area contributed by atoms with E-state index in [0.29, 0.717) is 11.7 Å². The molecule has 2 amide bonds. The SMILES string of the molecule is C/C1=C\C(C=O)C/C=C/C(NC(=O)c2cc(C(=O)NCc3ccc(F)c(C(F)(F)P)c3)nc3c(P)cnn23)C(N=O)C1. The third kappa shape index (κ3) is 7.14. The molecule has 0 spiro atoms. The van der Waals surface area contributed by atoms with Crippen molar-refractivity contribution in [1.82, 2.24) is 25.2 Å². The molecule has 0 fully saturated rings. The lowest BCUT2D eigenvalue weighted by Crippen LogP contribution is -2.42. The molecule has 0 radical (unpaired) electrons. The van der Waals surface area contributed by atoms with Crippen LogP contribution in [0.1, 0.15) is 51.9 Å². The summed E-state index contributed by atoms with van der Waals surface area (Å²) in [7, 11) is 3.67. The number of nitroso groups, excluding NO2 is 1. The molecule has 42 heavy (non-hydrogen) atoms. The molecule has 10 nitrogen and oxygen atoms in total. The molecule has 5 unspecified atom stereocenters. The minimum Gasteiger partial charge on any atom is -0.347 e. The van der Waals surface area contributed by atoms with Crippen LogP contribution < -0.4 is 15.9 Å². The summed E-state index contributed by atoms with van der Waals surface area (Å²) in [6.07, 6.45) is 7.90. The number of aromatic nitrogens is 3. The topological polar surface area (TPSA) is 135 Å². The Morgan fingerprint density at radius 2 is 2.02 bits per heavy atom. The van der Waals surface area contributed by atoms with Gasteiger partial charge in [-0.05, 0) is 37.5 Å². The molecule has 1 aliphatic carbocycles. The van der Waals surface area contributed by atoms with E-state index in [4.69, 9.17) is 0 Å². The highest BCUT2D eigenvalue weighted by Gasteiger charge is 2.29. The highest BCUT2D eigenvalue weighted by molar-refractivity contribution is 7.28. The van der Waals surface area contributed by atoms with Crippen molar-refractivity contribution >= 4 is 47.5 Å². The van der Waals surface area contributed by atoms with Crippen molar-refractivity contribution in [3.8, 4) is 0 Å². The van der Waals surface area contributed by atoms with Gasteiger partial charge in [0.15, 0.2) is 5.65 Å². The standard InChI is InChI=1S/C27H27F3N6O4P2/c1-14-7-16(13-37)3-2-4-19(20(8-14)35-40)34-26(39)22-10-21(33-24-23(41)12-32-36(22)24)25(38)31-11-15-5-6-18(28)17(9-15)27(29,30)42/h2,4-7,9-10,12-13,16,19-20H,3,8,11,41-42H2,1H3,(H,31,38)(H,34,39)/b4-2+,14-7+. The van der Waals surface area contributed by atoms with E-state index in [0.717, 1.165) is 24.0 Å². The predicted octanol–water partition coefficient (Wildman–Crippen LogP) is 3.57. The minimum absolute atomic E-state index is 0.0680. The first-order valence-corrected chi connectivity index (χ1v) is 13.9.